The first-order valence-electron chi connectivity index (χ1n) is 5.88. The van der Waals surface area contributed by atoms with Crippen molar-refractivity contribution < 1.29 is 9.21 Å². The Labute approximate surface area is 119 Å². The molecule has 0 fully saturated rings. The smallest absolute Gasteiger partial charge is 0.322 e. The standard InChI is InChI=1S/C11H14N6O2S/c1-6(2)9-16-17-11(19-9)15-7(18)5-20-10-8(12)13-3-4-14-10/h3-4,6H,5H2,1-2H3,(H2,12,13)(H,15,17,18). The van der Waals surface area contributed by atoms with Gasteiger partial charge >= 0.3 is 6.01 Å². The van der Waals surface area contributed by atoms with Crippen molar-refractivity contribution in [3.8, 4) is 0 Å². The average Bonchev–Trinajstić information content (AvgIpc) is 2.86. The molecule has 0 unspecified atom stereocenters. The van der Waals surface area contributed by atoms with E-state index in [2.05, 4.69) is 25.5 Å². The topological polar surface area (TPSA) is 120 Å². The van der Waals surface area contributed by atoms with Crippen molar-refractivity contribution in [1.29, 1.82) is 0 Å². The van der Waals surface area contributed by atoms with Crippen molar-refractivity contribution >= 4 is 29.5 Å². The SMILES string of the molecule is CC(C)c1nnc(NC(=O)CSc2nccnc2N)o1. The summed E-state index contributed by atoms with van der Waals surface area (Å²) in [5, 5.41) is 10.6. The predicted octanol–water partition coefficient (Wildman–Crippen LogP) is 1.30. The zero-order chi connectivity index (χ0) is 14.5. The lowest BCUT2D eigenvalue weighted by Gasteiger charge is -2.02. The minimum atomic E-state index is -0.279. The summed E-state index contributed by atoms with van der Waals surface area (Å²) in [7, 11) is 0. The first kappa shape index (κ1) is 14.3. The third-order valence-electron chi connectivity index (χ3n) is 2.21. The van der Waals surface area contributed by atoms with E-state index < -0.39 is 0 Å². The second-order valence-corrected chi connectivity index (χ2v) is 5.15. The Balaban J connectivity index is 1.88. The Morgan fingerprint density at radius 2 is 2.15 bits per heavy atom. The van der Waals surface area contributed by atoms with E-state index in [-0.39, 0.29) is 23.6 Å². The van der Waals surface area contributed by atoms with Gasteiger partial charge in [-0.3, -0.25) is 10.1 Å². The molecule has 0 aliphatic rings. The maximum Gasteiger partial charge on any atom is 0.322 e. The summed E-state index contributed by atoms with van der Waals surface area (Å²) in [5.41, 5.74) is 5.63. The summed E-state index contributed by atoms with van der Waals surface area (Å²) < 4.78 is 5.28. The molecule has 8 nitrogen and oxygen atoms in total. The van der Waals surface area contributed by atoms with Crippen LogP contribution in [0.4, 0.5) is 11.8 Å². The fourth-order valence-electron chi connectivity index (χ4n) is 1.25. The van der Waals surface area contributed by atoms with Crippen molar-refractivity contribution in [3.05, 3.63) is 18.3 Å². The second-order valence-electron chi connectivity index (χ2n) is 4.18. The number of hydrogen-bond donors (Lipinski definition) is 2. The molecule has 0 aromatic carbocycles. The number of rotatable bonds is 5. The van der Waals surface area contributed by atoms with Crippen LogP contribution in [0.25, 0.3) is 0 Å². The van der Waals surface area contributed by atoms with E-state index in [4.69, 9.17) is 10.2 Å². The van der Waals surface area contributed by atoms with Crippen molar-refractivity contribution in [2.75, 3.05) is 16.8 Å². The van der Waals surface area contributed by atoms with Gasteiger partial charge in [0.2, 0.25) is 11.8 Å². The van der Waals surface area contributed by atoms with Gasteiger partial charge in [0.05, 0.1) is 5.75 Å². The molecule has 2 rings (SSSR count). The van der Waals surface area contributed by atoms with Gasteiger partial charge in [0.25, 0.3) is 0 Å². The van der Waals surface area contributed by atoms with E-state index in [0.29, 0.717) is 16.7 Å². The Bertz CT molecular complexity index is 600. The van der Waals surface area contributed by atoms with Crippen LogP contribution in [0.15, 0.2) is 21.8 Å². The molecule has 2 aromatic rings. The van der Waals surface area contributed by atoms with Crippen LogP contribution in [0.1, 0.15) is 25.7 Å². The van der Waals surface area contributed by atoms with Crippen LogP contribution in [-0.4, -0.2) is 31.8 Å². The van der Waals surface area contributed by atoms with Crippen LogP contribution in [0.5, 0.6) is 0 Å². The molecular weight excluding hydrogens is 280 g/mol. The Morgan fingerprint density at radius 3 is 2.80 bits per heavy atom. The highest BCUT2D eigenvalue weighted by Crippen LogP contribution is 2.20. The van der Waals surface area contributed by atoms with Crippen LogP contribution in [0.3, 0.4) is 0 Å². The van der Waals surface area contributed by atoms with Crippen LogP contribution in [0, 0.1) is 0 Å². The number of nitrogen functional groups attached to an aromatic ring is 1. The maximum absolute atomic E-state index is 11.7. The van der Waals surface area contributed by atoms with Crippen LogP contribution >= 0.6 is 11.8 Å². The van der Waals surface area contributed by atoms with Gasteiger partial charge in [0, 0.05) is 18.3 Å². The Morgan fingerprint density at radius 1 is 1.40 bits per heavy atom. The largest absolute Gasteiger partial charge is 0.408 e. The average molecular weight is 294 g/mol. The third-order valence-corrected chi connectivity index (χ3v) is 3.21. The zero-order valence-corrected chi connectivity index (χ0v) is 11.8. The summed E-state index contributed by atoms with van der Waals surface area (Å²) in [6.45, 7) is 3.84. The lowest BCUT2D eigenvalue weighted by atomic mass is 10.2. The molecule has 0 bridgehead atoms. The fourth-order valence-corrected chi connectivity index (χ4v) is 1.93. The number of aromatic nitrogens is 4. The normalized spacial score (nSPS) is 10.8. The highest BCUT2D eigenvalue weighted by Gasteiger charge is 2.13. The molecule has 0 aliphatic heterocycles. The molecule has 0 aliphatic carbocycles. The first-order chi connectivity index (χ1) is 9.56. The number of carbonyl (C=O) groups excluding carboxylic acids is 1. The van der Waals surface area contributed by atoms with Gasteiger partial charge in [-0.05, 0) is 0 Å². The van der Waals surface area contributed by atoms with Crippen LogP contribution < -0.4 is 11.1 Å². The minimum Gasteiger partial charge on any atom is -0.408 e. The molecule has 0 saturated carbocycles. The first-order valence-corrected chi connectivity index (χ1v) is 6.87. The lowest BCUT2D eigenvalue weighted by molar-refractivity contribution is -0.113. The lowest BCUT2D eigenvalue weighted by Crippen LogP contribution is -2.14. The number of thioether (sulfide) groups is 1. The van der Waals surface area contributed by atoms with Crippen molar-refractivity contribution in [2.24, 2.45) is 0 Å². The van der Waals surface area contributed by atoms with Gasteiger partial charge in [-0.2, -0.15) is 0 Å². The third kappa shape index (κ3) is 3.67. The summed E-state index contributed by atoms with van der Waals surface area (Å²) in [5.74, 6) is 0.736. The summed E-state index contributed by atoms with van der Waals surface area (Å²) in [6, 6.07) is 0.0893. The number of amides is 1. The number of hydrogen-bond acceptors (Lipinski definition) is 8. The highest BCUT2D eigenvalue weighted by atomic mass is 32.2. The summed E-state index contributed by atoms with van der Waals surface area (Å²) >= 11 is 1.19. The molecule has 1 amide bonds. The number of nitrogens with zero attached hydrogens (tertiary/aromatic N) is 4. The quantitative estimate of drug-likeness (QED) is 0.792. The van der Waals surface area contributed by atoms with Crippen molar-refractivity contribution in [1.82, 2.24) is 20.2 Å². The number of nitrogens with one attached hydrogen (secondary N) is 1. The highest BCUT2D eigenvalue weighted by molar-refractivity contribution is 8.00. The van der Waals surface area contributed by atoms with Gasteiger partial charge in [0.15, 0.2) is 5.82 Å². The van der Waals surface area contributed by atoms with Gasteiger partial charge in [-0.25, -0.2) is 9.97 Å². The summed E-state index contributed by atoms with van der Waals surface area (Å²) in [4.78, 5) is 19.6. The fraction of sp³-hybridized carbons (Fsp3) is 0.364. The summed E-state index contributed by atoms with van der Waals surface area (Å²) in [6.07, 6.45) is 3.01. The Kier molecular flexibility index (Phi) is 4.51. The van der Waals surface area contributed by atoms with E-state index in [1.807, 2.05) is 13.8 Å². The minimum absolute atomic E-state index is 0.0893. The molecule has 2 aromatic heterocycles. The predicted molar refractivity (Wildman–Crippen MR) is 74.2 cm³/mol. The monoisotopic (exact) mass is 294 g/mol. The molecular formula is C11H14N6O2S. The van der Waals surface area contributed by atoms with Crippen LogP contribution in [-0.2, 0) is 4.79 Å². The molecule has 0 spiro atoms. The van der Waals surface area contributed by atoms with Gasteiger partial charge < -0.3 is 10.2 Å². The van der Waals surface area contributed by atoms with Crippen molar-refractivity contribution in [2.45, 2.75) is 24.8 Å². The molecule has 20 heavy (non-hydrogen) atoms. The van der Waals surface area contributed by atoms with E-state index >= 15 is 0 Å². The zero-order valence-electron chi connectivity index (χ0n) is 11.0. The molecule has 0 radical (unpaired) electrons. The molecule has 3 N–H and O–H groups in total. The maximum atomic E-state index is 11.7. The molecule has 106 valence electrons. The second kappa shape index (κ2) is 6.33. The van der Waals surface area contributed by atoms with Crippen molar-refractivity contribution in [3.63, 3.8) is 0 Å². The van der Waals surface area contributed by atoms with Gasteiger partial charge in [-0.1, -0.05) is 30.7 Å². The van der Waals surface area contributed by atoms with Crippen LogP contribution in [0.2, 0.25) is 0 Å². The number of carbonyl (C=O) groups is 1. The molecule has 2 heterocycles. The van der Waals surface area contributed by atoms with E-state index in [9.17, 15) is 4.79 Å². The number of nitrogens with two attached hydrogens (primary N) is 1. The molecule has 0 atom stereocenters. The Hall–Kier alpha value is -2.16. The van der Waals surface area contributed by atoms with E-state index in [0.717, 1.165) is 0 Å². The van der Waals surface area contributed by atoms with Gasteiger partial charge in [0.1, 0.15) is 5.03 Å². The molecule has 0 saturated heterocycles. The van der Waals surface area contributed by atoms with E-state index in [1.165, 1.54) is 24.2 Å². The van der Waals surface area contributed by atoms with E-state index in [1.54, 1.807) is 0 Å². The van der Waals surface area contributed by atoms with Gasteiger partial charge in [-0.15, -0.1) is 5.10 Å². The molecule has 9 heteroatoms. The number of anilines is 2.